The zero-order valence-electron chi connectivity index (χ0n) is 12.8. The van der Waals surface area contributed by atoms with E-state index in [1.54, 1.807) is 0 Å². The Labute approximate surface area is 140 Å². The van der Waals surface area contributed by atoms with Gasteiger partial charge >= 0.3 is 0 Å². The predicted molar refractivity (Wildman–Crippen MR) is 92.4 cm³/mol. The van der Waals surface area contributed by atoms with Gasteiger partial charge < -0.3 is 14.8 Å². The van der Waals surface area contributed by atoms with Gasteiger partial charge in [-0.2, -0.15) is 0 Å². The Hall–Kier alpha value is -0.880. The second-order valence-electron chi connectivity index (χ2n) is 5.76. The van der Waals surface area contributed by atoms with Crippen LogP contribution in [0.15, 0.2) is 28.2 Å². The van der Waals surface area contributed by atoms with E-state index in [1.807, 2.05) is 12.1 Å². The highest BCUT2D eigenvalue weighted by Gasteiger charge is 2.12. The lowest BCUT2D eigenvalue weighted by Crippen LogP contribution is -2.37. The van der Waals surface area contributed by atoms with Gasteiger partial charge in [0.2, 0.25) is 0 Å². The molecule has 0 radical (unpaired) electrons. The Morgan fingerprint density at radius 2 is 2.09 bits per heavy atom. The highest BCUT2D eigenvalue weighted by Crippen LogP contribution is 2.28. The second-order valence-corrected chi connectivity index (χ2v) is 6.67. The van der Waals surface area contributed by atoms with Crippen LogP contribution in [0.1, 0.15) is 12.0 Å². The van der Waals surface area contributed by atoms with Crippen molar-refractivity contribution in [2.24, 2.45) is 0 Å². The Balaban J connectivity index is 1.39. The zero-order chi connectivity index (χ0) is 15.2. The Bertz CT molecular complexity index is 527. The van der Waals surface area contributed by atoms with Gasteiger partial charge in [-0.15, -0.1) is 0 Å². The summed E-state index contributed by atoms with van der Waals surface area (Å²) >= 11 is 3.51. The summed E-state index contributed by atoms with van der Waals surface area (Å²) < 4.78 is 12.2. The zero-order valence-corrected chi connectivity index (χ0v) is 14.4. The molecule has 1 N–H and O–H groups in total. The Morgan fingerprint density at radius 1 is 1.23 bits per heavy atom. The molecular weight excluding hydrogens is 344 g/mol. The molecule has 0 unspecified atom stereocenters. The third-order valence-electron chi connectivity index (χ3n) is 4.03. The number of hydrogen-bond acceptors (Lipinski definition) is 4. The number of hydrogen-bond donors (Lipinski definition) is 1. The van der Waals surface area contributed by atoms with Crippen molar-refractivity contribution in [1.82, 2.24) is 10.2 Å². The van der Waals surface area contributed by atoms with Crippen molar-refractivity contribution in [3.8, 4) is 5.75 Å². The van der Waals surface area contributed by atoms with Crippen molar-refractivity contribution in [3.05, 3.63) is 33.8 Å². The number of halogens is 1. The normalized spacial score (nSPS) is 18.5. The van der Waals surface area contributed by atoms with Gasteiger partial charge in [-0.25, -0.2) is 0 Å². The van der Waals surface area contributed by atoms with E-state index in [2.05, 4.69) is 38.3 Å². The van der Waals surface area contributed by atoms with Gasteiger partial charge in [-0.05, 0) is 49.4 Å². The molecule has 2 aliphatic heterocycles. The van der Waals surface area contributed by atoms with Crippen molar-refractivity contribution < 1.29 is 9.47 Å². The molecule has 0 aliphatic carbocycles. The topological polar surface area (TPSA) is 33.7 Å². The molecule has 2 aliphatic rings. The maximum atomic E-state index is 5.79. The molecule has 0 bridgehead atoms. The minimum Gasteiger partial charge on any atom is -0.489 e. The lowest BCUT2D eigenvalue weighted by atomic mass is 10.1. The van der Waals surface area contributed by atoms with Crippen molar-refractivity contribution in [3.63, 3.8) is 0 Å². The van der Waals surface area contributed by atoms with Crippen LogP contribution in [0.25, 0.3) is 6.08 Å². The van der Waals surface area contributed by atoms with Crippen LogP contribution in [0.4, 0.5) is 0 Å². The summed E-state index contributed by atoms with van der Waals surface area (Å²) in [5, 5.41) is 3.52. The summed E-state index contributed by atoms with van der Waals surface area (Å²) in [6, 6.07) is 6.14. The minimum atomic E-state index is 0.686. The monoisotopic (exact) mass is 366 g/mol. The van der Waals surface area contributed by atoms with E-state index >= 15 is 0 Å². The van der Waals surface area contributed by atoms with Crippen molar-refractivity contribution in [2.75, 3.05) is 52.5 Å². The Morgan fingerprint density at radius 3 is 2.95 bits per heavy atom. The molecule has 5 heteroatoms. The van der Waals surface area contributed by atoms with Crippen LogP contribution in [0.2, 0.25) is 0 Å². The minimum absolute atomic E-state index is 0.686. The van der Waals surface area contributed by atoms with Gasteiger partial charge in [-0.3, -0.25) is 4.90 Å². The number of ether oxygens (including phenoxy) is 2. The van der Waals surface area contributed by atoms with Gasteiger partial charge in [0.1, 0.15) is 12.4 Å². The number of morpholine rings is 1. The summed E-state index contributed by atoms with van der Waals surface area (Å²) in [5.41, 5.74) is 2.46. The van der Waals surface area contributed by atoms with Crippen LogP contribution in [0.5, 0.6) is 5.75 Å². The maximum absolute atomic E-state index is 5.79. The number of nitrogens with zero attached hydrogens (tertiary/aromatic N) is 1. The maximum Gasteiger partial charge on any atom is 0.127 e. The molecule has 3 rings (SSSR count). The third kappa shape index (κ3) is 4.56. The average Bonchev–Trinajstić information content (AvgIpc) is 2.55. The molecule has 120 valence electrons. The van der Waals surface area contributed by atoms with Gasteiger partial charge in [0, 0.05) is 29.7 Å². The van der Waals surface area contributed by atoms with Crippen molar-refractivity contribution >= 4 is 22.0 Å². The fourth-order valence-electron chi connectivity index (χ4n) is 2.80. The molecule has 1 aromatic carbocycles. The van der Waals surface area contributed by atoms with Crippen LogP contribution >= 0.6 is 15.9 Å². The molecule has 0 aromatic heterocycles. The first-order chi connectivity index (χ1) is 10.8. The molecule has 22 heavy (non-hydrogen) atoms. The smallest absolute Gasteiger partial charge is 0.127 e. The largest absolute Gasteiger partial charge is 0.489 e. The number of nitrogens with one attached hydrogen (secondary N) is 1. The molecule has 1 saturated heterocycles. The highest BCUT2D eigenvalue weighted by atomic mass is 79.9. The summed E-state index contributed by atoms with van der Waals surface area (Å²) in [7, 11) is 0. The Kier molecular flexibility index (Phi) is 5.89. The van der Waals surface area contributed by atoms with E-state index in [0.29, 0.717) is 6.61 Å². The second kappa shape index (κ2) is 8.11. The molecule has 0 atom stereocenters. The quantitative estimate of drug-likeness (QED) is 0.784. The molecule has 0 saturated carbocycles. The van der Waals surface area contributed by atoms with Crippen LogP contribution < -0.4 is 10.1 Å². The van der Waals surface area contributed by atoms with E-state index in [4.69, 9.17) is 9.47 Å². The molecule has 0 amide bonds. The lowest BCUT2D eigenvalue weighted by Gasteiger charge is -2.26. The lowest BCUT2D eigenvalue weighted by molar-refractivity contribution is 0.0375. The van der Waals surface area contributed by atoms with E-state index in [1.165, 1.54) is 12.0 Å². The first kappa shape index (κ1) is 16.0. The number of rotatable bonds is 6. The predicted octanol–water partition coefficient (Wildman–Crippen LogP) is 2.54. The van der Waals surface area contributed by atoms with E-state index in [-0.39, 0.29) is 0 Å². The number of benzene rings is 1. The van der Waals surface area contributed by atoms with Crippen LogP contribution in [0.3, 0.4) is 0 Å². The summed E-state index contributed by atoms with van der Waals surface area (Å²) in [4.78, 5) is 2.47. The molecular formula is C17H23BrN2O2. The van der Waals surface area contributed by atoms with E-state index < -0.39 is 0 Å². The van der Waals surface area contributed by atoms with Gasteiger partial charge in [0.25, 0.3) is 0 Å². The summed E-state index contributed by atoms with van der Waals surface area (Å²) in [5.74, 6) is 0.972. The molecule has 1 fully saturated rings. The van der Waals surface area contributed by atoms with Crippen LogP contribution in [0, 0.1) is 0 Å². The third-order valence-corrected chi connectivity index (χ3v) is 4.52. The van der Waals surface area contributed by atoms with Gasteiger partial charge in [0.05, 0.1) is 13.2 Å². The summed E-state index contributed by atoms with van der Waals surface area (Å²) in [6.45, 7) is 7.69. The fraction of sp³-hybridized carbons (Fsp3) is 0.529. The highest BCUT2D eigenvalue weighted by molar-refractivity contribution is 9.10. The fourth-order valence-corrected chi connectivity index (χ4v) is 3.18. The molecule has 2 heterocycles. The molecule has 4 nitrogen and oxygen atoms in total. The van der Waals surface area contributed by atoms with E-state index in [0.717, 1.165) is 61.7 Å². The van der Waals surface area contributed by atoms with Gasteiger partial charge in [0.15, 0.2) is 0 Å². The van der Waals surface area contributed by atoms with E-state index in [9.17, 15) is 0 Å². The molecule has 1 aromatic rings. The first-order valence-corrected chi connectivity index (χ1v) is 8.73. The van der Waals surface area contributed by atoms with Crippen LogP contribution in [-0.4, -0.2) is 57.4 Å². The average molecular weight is 367 g/mol. The van der Waals surface area contributed by atoms with Crippen LogP contribution in [-0.2, 0) is 4.74 Å². The molecule has 0 spiro atoms. The summed E-state index contributed by atoms with van der Waals surface area (Å²) in [6.07, 6.45) is 3.41. The SMILES string of the molecule is Brc1ccc2c(c1)C=C(CNCCCN1CCOCC1)CO2. The van der Waals surface area contributed by atoms with Crippen molar-refractivity contribution in [2.45, 2.75) is 6.42 Å². The first-order valence-electron chi connectivity index (χ1n) is 7.94. The van der Waals surface area contributed by atoms with Crippen molar-refractivity contribution in [1.29, 1.82) is 0 Å². The number of fused-ring (bicyclic) bond motifs is 1. The van der Waals surface area contributed by atoms with Gasteiger partial charge in [-0.1, -0.05) is 15.9 Å². The standard InChI is InChI=1S/C17H23BrN2O2/c18-16-2-3-17-15(11-16)10-14(13-22-17)12-19-4-1-5-20-6-8-21-9-7-20/h2-3,10-11,19H,1,4-9,12-13H2.